The van der Waals surface area contributed by atoms with E-state index in [1.54, 1.807) is 42.5 Å². The molecule has 108 valence electrons. The predicted molar refractivity (Wildman–Crippen MR) is 87.7 cm³/mol. The van der Waals surface area contributed by atoms with E-state index >= 15 is 0 Å². The fourth-order valence-corrected chi connectivity index (χ4v) is 2.20. The molecule has 0 unspecified atom stereocenters. The number of aromatic hydroxyl groups is 1. The molecule has 0 spiro atoms. The lowest BCUT2D eigenvalue weighted by molar-refractivity contribution is 0.103. The Morgan fingerprint density at radius 3 is 2.00 bits per heavy atom. The van der Waals surface area contributed by atoms with Gasteiger partial charge in [-0.05, 0) is 36.4 Å². The lowest BCUT2D eigenvalue weighted by atomic mass is 10.0. The number of anilines is 2. The van der Waals surface area contributed by atoms with Gasteiger partial charge in [0, 0.05) is 16.8 Å². The van der Waals surface area contributed by atoms with Gasteiger partial charge in [0.25, 0.3) is 0 Å². The van der Waals surface area contributed by atoms with Crippen molar-refractivity contribution in [3.05, 3.63) is 90.0 Å². The Morgan fingerprint density at radius 2 is 1.32 bits per heavy atom. The largest absolute Gasteiger partial charge is 0.506 e. The number of benzene rings is 3. The summed E-state index contributed by atoms with van der Waals surface area (Å²) in [5.41, 5.74) is 2.74. The number of hydrogen-bond acceptors (Lipinski definition) is 3. The molecule has 0 atom stereocenters. The molecule has 2 N–H and O–H groups in total. The monoisotopic (exact) mass is 289 g/mol. The fraction of sp³-hybridized carbons (Fsp3) is 0. The molecule has 0 amide bonds. The smallest absolute Gasteiger partial charge is 0.193 e. The first-order chi connectivity index (χ1) is 10.7. The Kier molecular flexibility index (Phi) is 3.88. The number of carbonyl (C=O) groups is 1. The van der Waals surface area contributed by atoms with Crippen LogP contribution in [0.25, 0.3) is 0 Å². The molecule has 3 heteroatoms. The van der Waals surface area contributed by atoms with E-state index in [2.05, 4.69) is 5.32 Å². The molecule has 3 nitrogen and oxygen atoms in total. The third kappa shape index (κ3) is 2.99. The molecular formula is C19H15NO2. The summed E-state index contributed by atoms with van der Waals surface area (Å²) in [6, 6.07) is 23.4. The maximum atomic E-state index is 12.3. The van der Waals surface area contributed by atoms with Crippen LogP contribution in [0.3, 0.4) is 0 Å². The van der Waals surface area contributed by atoms with Gasteiger partial charge in [-0.2, -0.15) is 0 Å². The van der Waals surface area contributed by atoms with Crippen LogP contribution in [0, 0.1) is 0 Å². The average molecular weight is 289 g/mol. The van der Waals surface area contributed by atoms with Crippen LogP contribution in [0.1, 0.15) is 15.9 Å². The van der Waals surface area contributed by atoms with Crippen LogP contribution in [0.15, 0.2) is 78.9 Å². The molecule has 0 aromatic heterocycles. The normalized spacial score (nSPS) is 10.2. The first-order valence-corrected chi connectivity index (χ1v) is 6.99. The van der Waals surface area contributed by atoms with Crippen molar-refractivity contribution in [2.24, 2.45) is 0 Å². The minimum Gasteiger partial charge on any atom is -0.506 e. The van der Waals surface area contributed by atoms with E-state index in [9.17, 15) is 9.90 Å². The van der Waals surface area contributed by atoms with E-state index in [4.69, 9.17) is 0 Å². The van der Waals surface area contributed by atoms with E-state index in [0.717, 1.165) is 5.69 Å². The summed E-state index contributed by atoms with van der Waals surface area (Å²) < 4.78 is 0. The number of phenolic OH excluding ortho intramolecular Hbond substituents is 1. The number of hydrogen-bond donors (Lipinski definition) is 2. The lowest BCUT2D eigenvalue weighted by Gasteiger charge is -2.09. The van der Waals surface area contributed by atoms with E-state index in [1.165, 1.54) is 0 Å². The second-order valence-electron chi connectivity index (χ2n) is 4.91. The second-order valence-corrected chi connectivity index (χ2v) is 4.91. The Bertz CT molecular complexity index is 780. The van der Waals surface area contributed by atoms with Crippen molar-refractivity contribution in [1.29, 1.82) is 0 Å². The number of phenols is 1. The highest BCUT2D eigenvalue weighted by Gasteiger charge is 2.08. The predicted octanol–water partition coefficient (Wildman–Crippen LogP) is 4.37. The van der Waals surface area contributed by atoms with Gasteiger partial charge < -0.3 is 10.4 Å². The van der Waals surface area contributed by atoms with Crippen LogP contribution >= 0.6 is 0 Å². The van der Waals surface area contributed by atoms with Crippen molar-refractivity contribution in [2.75, 3.05) is 5.32 Å². The van der Waals surface area contributed by atoms with Crippen molar-refractivity contribution in [2.45, 2.75) is 0 Å². The van der Waals surface area contributed by atoms with Crippen LogP contribution in [-0.2, 0) is 0 Å². The molecule has 0 radical (unpaired) electrons. The minimum absolute atomic E-state index is 0.00490. The average Bonchev–Trinajstić information content (AvgIpc) is 2.58. The fourth-order valence-electron chi connectivity index (χ4n) is 2.20. The van der Waals surface area contributed by atoms with Crippen molar-refractivity contribution in [3.8, 4) is 5.75 Å². The van der Waals surface area contributed by atoms with E-state index < -0.39 is 0 Å². The summed E-state index contributed by atoms with van der Waals surface area (Å²) in [4.78, 5) is 12.3. The number of rotatable bonds is 4. The maximum absolute atomic E-state index is 12.3. The molecule has 0 heterocycles. The molecule has 3 aromatic rings. The Hall–Kier alpha value is -3.07. The molecule has 0 saturated carbocycles. The van der Waals surface area contributed by atoms with E-state index in [0.29, 0.717) is 16.8 Å². The first kappa shape index (κ1) is 13.9. The molecule has 22 heavy (non-hydrogen) atoms. The number of ketones is 1. The molecule has 3 aromatic carbocycles. The van der Waals surface area contributed by atoms with Crippen molar-refractivity contribution >= 4 is 17.2 Å². The molecule has 3 rings (SSSR count). The van der Waals surface area contributed by atoms with Crippen LogP contribution in [0.4, 0.5) is 11.4 Å². The van der Waals surface area contributed by atoms with Gasteiger partial charge in [0.2, 0.25) is 0 Å². The summed E-state index contributed by atoms with van der Waals surface area (Å²) >= 11 is 0. The van der Waals surface area contributed by atoms with Crippen molar-refractivity contribution < 1.29 is 9.90 Å². The van der Waals surface area contributed by atoms with Gasteiger partial charge in [0.15, 0.2) is 5.78 Å². The summed E-state index contributed by atoms with van der Waals surface area (Å²) in [6.07, 6.45) is 0. The highest BCUT2D eigenvalue weighted by molar-refractivity contribution is 6.09. The van der Waals surface area contributed by atoms with Crippen molar-refractivity contribution in [3.63, 3.8) is 0 Å². The molecule has 0 aliphatic rings. The van der Waals surface area contributed by atoms with Crippen LogP contribution in [0.5, 0.6) is 5.75 Å². The zero-order valence-electron chi connectivity index (χ0n) is 11.9. The first-order valence-electron chi connectivity index (χ1n) is 6.99. The maximum Gasteiger partial charge on any atom is 0.193 e. The SMILES string of the molecule is O=C(c1ccccc1)c1ccc(Nc2ccccc2O)cc1. The van der Waals surface area contributed by atoms with Crippen LogP contribution in [-0.4, -0.2) is 10.9 Å². The second kappa shape index (κ2) is 6.14. The van der Waals surface area contributed by atoms with Gasteiger partial charge in [0.05, 0.1) is 5.69 Å². The minimum atomic E-state index is -0.00490. The van der Waals surface area contributed by atoms with Gasteiger partial charge >= 0.3 is 0 Å². The number of para-hydroxylation sites is 2. The lowest BCUT2D eigenvalue weighted by Crippen LogP contribution is -2.01. The summed E-state index contributed by atoms with van der Waals surface area (Å²) in [5.74, 6) is 0.182. The molecule has 0 aliphatic heterocycles. The Balaban J connectivity index is 1.79. The van der Waals surface area contributed by atoms with E-state index in [-0.39, 0.29) is 11.5 Å². The van der Waals surface area contributed by atoms with Gasteiger partial charge in [-0.1, -0.05) is 42.5 Å². The highest BCUT2D eigenvalue weighted by Crippen LogP contribution is 2.26. The summed E-state index contributed by atoms with van der Waals surface area (Å²) in [5, 5.41) is 12.9. The molecule has 0 saturated heterocycles. The quantitative estimate of drug-likeness (QED) is 0.554. The highest BCUT2D eigenvalue weighted by atomic mass is 16.3. The van der Waals surface area contributed by atoms with E-state index in [1.807, 2.05) is 36.4 Å². The third-order valence-electron chi connectivity index (χ3n) is 3.37. The standard InChI is InChI=1S/C19H15NO2/c21-18-9-5-4-8-17(18)20-16-12-10-15(11-13-16)19(22)14-6-2-1-3-7-14/h1-13,20-21H. The topological polar surface area (TPSA) is 49.3 Å². The zero-order valence-corrected chi connectivity index (χ0v) is 11.9. The summed E-state index contributed by atoms with van der Waals surface area (Å²) in [6.45, 7) is 0. The summed E-state index contributed by atoms with van der Waals surface area (Å²) in [7, 11) is 0. The Morgan fingerprint density at radius 1 is 0.727 bits per heavy atom. The van der Waals surface area contributed by atoms with Crippen LogP contribution in [0.2, 0.25) is 0 Å². The third-order valence-corrected chi connectivity index (χ3v) is 3.37. The molecular weight excluding hydrogens is 274 g/mol. The Labute approximate surface area is 128 Å². The van der Waals surface area contributed by atoms with Gasteiger partial charge in [-0.15, -0.1) is 0 Å². The molecule has 0 aliphatic carbocycles. The van der Waals surface area contributed by atoms with Crippen LogP contribution < -0.4 is 5.32 Å². The van der Waals surface area contributed by atoms with Crippen molar-refractivity contribution in [1.82, 2.24) is 0 Å². The number of carbonyl (C=O) groups excluding carboxylic acids is 1. The van der Waals surface area contributed by atoms with Gasteiger partial charge in [-0.25, -0.2) is 0 Å². The number of nitrogens with one attached hydrogen (secondary N) is 1. The van der Waals surface area contributed by atoms with Gasteiger partial charge in [-0.3, -0.25) is 4.79 Å². The zero-order chi connectivity index (χ0) is 15.4. The van der Waals surface area contributed by atoms with Gasteiger partial charge in [0.1, 0.15) is 5.75 Å². The molecule has 0 bridgehead atoms. The molecule has 0 fully saturated rings.